The van der Waals surface area contributed by atoms with Crippen LogP contribution in [0.4, 0.5) is 8.78 Å². The fraction of sp³-hybridized carbons (Fsp3) is 0.0909. The normalized spacial score (nSPS) is 11.1. The van der Waals surface area contributed by atoms with Gasteiger partial charge in [-0.3, -0.25) is 0 Å². The third-order valence-electron chi connectivity index (χ3n) is 2.11. The molecular weight excluding hydrogens is 206 g/mol. The van der Waals surface area contributed by atoms with Crippen molar-refractivity contribution in [2.75, 3.05) is 0 Å². The lowest BCUT2D eigenvalue weighted by Crippen LogP contribution is -1.86. The van der Waals surface area contributed by atoms with E-state index in [1.165, 1.54) is 6.07 Å². The predicted molar refractivity (Wildman–Crippen MR) is 53.9 cm³/mol. The van der Waals surface area contributed by atoms with E-state index in [1.807, 2.05) is 0 Å². The minimum Gasteiger partial charge on any atom is -0.205 e. The van der Waals surface area contributed by atoms with Crippen LogP contribution in [0.3, 0.4) is 0 Å². The Bertz CT molecular complexity index is 466. The van der Waals surface area contributed by atoms with Crippen molar-refractivity contribution in [2.24, 2.45) is 0 Å². The molecule has 0 nitrogen and oxygen atoms in total. The van der Waals surface area contributed by atoms with Crippen molar-refractivity contribution in [1.29, 1.82) is 0 Å². The molecule has 0 bridgehead atoms. The molecule has 0 radical (unpaired) electrons. The topological polar surface area (TPSA) is 0 Å². The molecule has 0 spiro atoms. The van der Waals surface area contributed by atoms with Crippen LogP contribution in [0.1, 0.15) is 12.0 Å². The average molecular weight is 213 g/mol. The second-order valence-corrected chi connectivity index (χ2v) is 3.45. The Morgan fingerprint density at radius 3 is 2.57 bits per heavy atom. The van der Waals surface area contributed by atoms with Gasteiger partial charge >= 0.3 is 0 Å². The van der Waals surface area contributed by atoms with Crippen molar-refractivity contribution in [3.8, 4) is 0 Å². The number of fused-ring (bicyclic) bond motifs is 1. The summed E-state index contributed by atoms with van der Waals surface area (Å²) in [4.78, 5) is 0. The molecule has 0 atom stereocenters. The molecule has 72 valence electrons. The van der Waals surface area contributed by atoms with E-state index >= 15 is 0 Å². The SMILES string of the molecule is FC(F)c1cccc2ccc(Cl)cc12. The molecule has 0 heterocycles. The molecule has 0 fully saturated rings. The second-order valence-electron chi connectivity index (χ2n) is 3.01. The zero-order valence-corrected chi connectivity index (χ0v) is 7.93. The van der Waals surface area contributed by atoms with Gasteiger partial charge in [0.15, 0.2) is 0 Å². The molecule has 0 aromatic heterocycles. The van der Waals surface area contributed by atoms with E-state index in [0.717, 1.165) is 5.39 Å². The van der Waals surface area contributed by atoms with Gasteiger partial charge in [0.1, 0.15) is 0 Å². The van der Waals surface area contributed by atoms with Gasteiger partial charge in [-0.2, -0.15) is 0 Å². The highest BCUT2D eigenvalue weighted by Crippen LogP contribution is 2.29. The molecule has 2 aromatic rings. The average Bonchev–Trinajstić information content (AvgIpc) is 2.16. The molecule has 3 heteroatoms. The Hall–Kier alpha value is -1.15. The highest BCUT2D eigenvalue weighted by Gasteiger charge is 2.10. The van der Waals surface area contributed by atoms with Gasteiger partial charge in [0.05, 0.1) is 0 Å². The van der Waals surface area contributed by atoms with Gasteiger partial charge < -0.3 is 0 Å². The van der Waals surface area contributed by atoms with Gasteiger partial charge in [-0.25, -0.2) is 8.78 Å². The lowest BCUT2D eigenvalue weighted by molar-refractivity contribution is 0.153. The molecule has 0 N–H and O–H groups in total. The first-order valence-electron chi connectivity index (χ1n) is 4.15. The van der Waals surface area contributed by atoms with Crippen LogP contribution in [0.25, 0.3) is 10.8 Å². The highest BCUT2D eigenvalue weighted by atomic mass is 35.5. The van der Waals surface area contributed by atoms with Crippen LogP contribution in [-0.2, 0) is 0 Å². The van der Waals surface area contributed by atoms with Crippen LogP contribution < -0.4 is 0 Å². The molecule has 0 saturated carbocycles. The third kappa shape index (κ3) is 1.58. The van der Waals surface area contributed by atoms with Crippen LogP contribution in [0.15, 0.2) is 36.4 Å². The third-order valence-corrected chi connectivity index (χ3v) is 2.35. The van der Waals surface area contributed by atoms with E-state index in [1.54, 1.807) is 30.3 Å². The van der Waals surface area contributed by atoms with Crippen molar-refractivity contribution in [1.82, 2.24) is 0 Å². The Labute approximate surface area is 85.1 Å². The molecule has 2 aromatic carbocycles. The van der Waals surface area contributed by atoms with Gasteiger partial charge in [0.25, 0.3) is 6.43 Å². The number of hydrogen-bond donors (Lipinski definition) is 0. The molecule has 0 aliphatic rings. The quantitative estimate of drug-likeness (QED) is 0.656. The molecular formula is C11H7ClF2. The Morgan fingerprint density at radius 2 is 1.86 bits per heavy atom. The molecule has 0 amide bonds. The van der Waals surface area contributed by atoms with Crippen LogP contribution in [-0.4, -0.2) is 0 Å². The maximum absolute atomic E-state index is 12.6. The minimum absolute atomic E-state index is 0.0324. The first kappa shape index (κ1) is 9.41. The molecule has 0 saturated heterocycles. The molecule has 2 rings (SSSR count). The summed E-state index contributed by atoms with van der Waals surface area (Å²) in [5.41, 5.74) is 0.0324. The van der Waals surface area contributed by atoms with Crippen LogP contribution in [0.2, 0.25) is 5.02 Å². The zero-order valence-electron chi connectivity index (χ0n) is 7.18. The van der Waals surface area contributed by atoms with Crippen LogP contribution >= 0.6 is 11.6 Å². The first-order chi connectivity index (χ1) is 6.68. The second kappa shape index (κ2) is 3.54. The van der Waals surface area contributed by atoms with E-state index in [4.69, 9.17) is 11.6 Å². The maximum atomic E-state index is 12.6. The van der Waals surface area contributed by atoms with Crippen LogP contribution in [0, 0.1) is 0 Å². The van der Waals surface area contributed by atoms with E-state index in [0.29, 0.717) is 10.4 Å². The van der Waals surface area contributed by atoms with Gasteiger partial charge in [-0.15, -0.1) is 0 Å². The highest BCUT2D eigenvalue weighted by molar-refractivity contribution is 6.31. The van der Waals surface area contributed by atoms with Crippen LogP contribution in [0.5, 0.6) is 0 Å². The Balaban J connectivity index is 2.77. The number of benzene rings is 2. The lowest BCUT2D eigenvalue weighted by Gasteiger charge is -2.05. The van der Waals surface area contributed by atoms with Crippen molar-refractivity contribution in [3.63, 3.8) is 0 Å². The number of hydrogen-bond acceptors (Lipinski definition) is 0. The van der Waals surface area contributed by atoms with Crippen molar-refractivity contribution >= 4 is 22.4 Å². The Morgan fingerprint density at radius 1 is 1.07 bits per heavy atom. The fourth-order valence-electron chi connectivity index (χ4n) is 1.46. The summed E-state index contributed by atoms with van der Waals surface area (Å²) in [6.07, 6.45) is -2.46. The summed E-state index contributed by atoms with van der Waals surface area (Å²) in [5.74, 6) is 0. The summed E-state index contributed by atoms with van der Waals surface area (Å²) in [7, 11) is 0. The zero-order chi connectivity index (χ0) is 10.1. The van der Waals surface area contributed by atoms with Gasteiger partial charge in [0, 0.05) is 10.6 Å². The summed E-state index contributed by atoms with van der Waals surface area (Å²) >= 11 is 5.75. The molecule has 0 unspecified atom stereocenters. The molecule has 14 heavy (non-hydrogen) atoms. The maximum Gasteiger partial charge on any atom is 0.264 e. The summed E-state index contributed by atoms with van der Waals surface area (Å²) in [6, 6.07) is 9.83. The minimum atomic E-state index is -2.46. The number of halogens is 3. The Kier molecular flexibility index (Phi) is 2.38. The van der Waals surface area contributed by atoms with Crippen molar-refractivity contribution in [2.45, 2.75) is 6.43 Å². The summed E-state index contributed by atoms with van der Waals surface area (Å²) < 4.78 is 25.2. The summed E-state index contributed by atoms with van der Waals surface area (Å²) in [5, 5.41) is 1.79. The van der Waals surface area contributed by atoms with Gasteiger partial charge in [0.2, 0.25) is 0 Å². The molecule has 0 aliphatic heterocycles. The number of rotatable bonds is 1. The lowest BCUT2D eigenvalue weighted by atomic mass is 10.1. The van der Waals surface area contributed by atoms with E-state index < -0.39 is 6.43 Å². The largest absolute Gasteiger partial charge is 0.264 e. The number of alkyl halides is 2. The van der Waals surface area contributed by atoms with E-state index in [9.17, 15) is 8.78 Å². The monoisotopic (exact) mass is 212 g/mol. The smallest absolute Gasteiger partial charge is 0.205 e. The fourth-order valence-corrected chi connectivity index (χ4v) is 1.63. The first-order valence-corrected chi connectivity index (χ1v) is 4.52. The standard InChI is InChI=1S/C11H7ClF2/c12-8-5-4-7-2-1-3-9(11(13)14)10(7)6-8/h1-6,11H. The van der Waals surface area contributed by atoms with E-state index in [-0.39, 0.29) is 5.56 Å². The summed E-state index contributed by atoms with van der Waals surface area (Å²) in [6.45, 7) is 0. The van der Waals surface area contributed by atoms with Crippen molar-refractivity contribution < 1.29 is 8.78 Å². The van der Waals surface area contributed by atoms with Gasteiger partial charge in [-0.05, 0) is 22.9 Å². The van der Waals surface area contributed by atoms with Crippen molar-refractivity contribution in [3.05, 3.63) is 47.0 Å². The predicted octanol–water partition coefficient (Wildman–Crippen LogP) is 4.43. The van der Waals surface area contributed by atoms with Gasteiger partial charge in [-0.1, -0.05) is 35.9 Å². The molecule has 0 aliphatic carbocycles. The van der Waals surface area contributed by atoms with E-state index in [2.05, 4.69) is 0 Å².